The monoisotopic (exact) mass is 719 g/mol. The van der Waals surface area contributed by atoms with Gasteiger partial charge in [0, 0.05) is 52.5 Å². The summed E-state index contributed by atoms with van der Waals surface area (Å²) in [5, 5.41) is 28.7. The molecule has 13 nitrogen and oxygen atoms in total. The van der Waals surface area contributed by atoms with E-state index in [9.17, 15) is 37.7 Å². The van der Waals surface area contributed by atoms with Gasteiger partial charge in [-0.15, -0.1) is 11.3 Å². The van der Waals surface area contributed by atoms with E-state index in [-0.39, 0.29) is 36.2 Å². The molecule has 0 aliphatic carbocycles. The molecule has 0 radical (unpaired) electrons. The Hall–Kier alpha value is -5.32. The van der Waals surface area contributed by atoms with Crippen LogP contribution in [-0.2, 0) is 51.3 Å². The molecular formula is C33H36F3N5O8S. The molecule has 2 amide bonds. The van der Waals surface area contributed by atoms with Crippen LogP contribution in [0.15, 0.2) is 48.5 Å². The van der Waals surface area contributed by atoms with Crippen molar-refractivity contribution in [3.05, 3.63) is 96.2 Å². The van der Waals surface area contributed by atoms with Gasteiger partial charge < -0.3 is 25.8 Å². The van der Waals surface area contributed by atoms with Crippen molar-refractivity contribution in [2.45, 2.75) is 64.7 Å². The number of carbonyl (C=O) groups is 4. The van der Waals surface area contributed by atoms with Crippen molar-refractivity contribution in [3.63, 3.8) is 0 Å². The van der Waals surface area contributed by atoms with Crippen LogP contribution in [-0.4, -0.2) is 69.9 Å². The van der Waals surface area contributed by atoms with E-state index < -0.39 is 29.0 Å². The first-order valence-corrected chi connectivity index (χ1v) is 16.2. The number of nitrogen functional groups attached to an aromatic ring is 1. The van der Waals surface area contributed by atoms with Gasteiger partial charge in [0.05, 0.1) is 18.0 Å². The SMILES string of the molecule is CCCc1c(CC(=O)OCC)sc2c1CN(C(=O)[C@H](Cc1ccc([N+](=O)[O-])cc1)NC(=O)c1ccc(C(=N)N)cc1)CC2.O=C(O)C(F)(F)F. The third-order valence-corrected chi connectivity index (χ3v) is 8.89. The summed E-state index contributed by atoms with van der Waals surface area (Å²) in [5.41, 5.74) is 9.05. The first-order valence-electron chi connectivity index (χ1n) is 15.4. The van der Waals surface area contributed by atoms with Crippen molar-refractivity contribution >= 4 is 46.6 Å². The molecule has 2 heterocycles. The maximum atomic E-state index is 14.0. The summed E-state index contributed by atoms with van der Waals surface area (Å²) < 4.78 is 36.9. The summed E-state index contributed by atoms with van der Waals surface area (Å²) in [6, 6.07) is 11.2. The summed E-state index contributed by atoms with van der Waals surface area (Å²) in [7, 11) is 0. The predicted molar refractivity (Wildman–Crippen MR) is 177 cm³/mol. The number of nitrogens with zero attached hydrogens (tertiary/aromatic N) is 2. The highest BCUT2D eigenvalue weighted by Crippen LogP contribution is 2.35. The van der Waals surface area contributed by atoms with Crippen molar-refractivity contribution in [1.82, 2.24) is 10.2 Å². The van der Waals surface area contributed by atoms with Gasteiger partial charge in [-0.05, 0) is 48.6 Å². The smallest absolute Gasteiger partial charge is 0.475 e. The van der Waals surface area contributed by atoms with E-state index in [0.717, 1.165) is 33.7 Å². The number of esters is 1. The Balaban J connectivity index is 0.000000872. The van der Waals surface area contributed by atoms with Gasteiger partial charge in [-0.1, -0.05) is 37.6 Å². The first-order chi connectivity index (χ1) is 23.5. The van der Waals surface area contributed by atoms with Crippen LogP contribution in [0.3, 0.4) is 0 Å². The van der Waals surface area contributed by atoms with E-state index in [2.05, 4.69) is 12.2 Å². The van der Waals surface area contributed by atoms with E-state index in [1.54, 1.807) is 59.6 Å². The number of thiophene rings is 1. The third-order valence-electron chi connectivity index (χ3n) is 7.55. The largest absolute Gasteiger partial charge is 0.490 e. The maximum absolute atomic E-state index is 14.0. The molecule has 17 heteroatoms. The molecule has 0 spiro atoms. The number of nitrogens with one attached hydrogen (secondary N) is 2. The van der Waals surface area contributed by atoms with Crippen LogP contribution in [0, 0.1) is 15.5 Å². The molecule has 4 rings (SSSR count). The highest BCUT2D eigenvalue weighted by molar-refractivity contribution is 7.12. The number of carboxylic acids is 1. The average Bonchev–Trinajstić information content (AvgIpc) is 3.40. The molecule has 0 saturated heterocycles. The Morgan fingerprint density at radius 2 is 1.70 bits per heavy atom. The Morgan fingerprint density at radius 1 is 1.10 bits per heavy atom. The van der Waals surface area contributed by atoms with Crippen molar-refractivity contribution < 1.29 is 47.1 Å². The number of halogens is 3. The number of carboxylic acid groups (broad SMARTS) is 1. The molecule has 268 valence electrons. The number of alkyl halides is 3. The number of nitrogens with two attached hydrogens (primary N) is 1. The first kappa shape index (κ1) is 39.1. The summed E-state index contributed by atoms with van der Waals surface area (Å²) in [4.78, 5) is 63.0. The summed E-state index contributed by atoms with van der Waals surface area (Å²) in [5.74, 6) is -3.88. The molecule has 1 aliphatic heterocycles. The molecule has 3 aromatic rings. The minimum Gasteiger partial charge on any atom is -0.475 e. The number of non-ortho nitro benzene ring substituents is 1. The average molecular weight is 720 g/mol. The lowest BCUT2D eigenvalue weighted by Gasteiger charge is -2.31. The Morgan fingerprint density at radius 3 is 2.22 bits per heavy atom. The van der Waals surface area contributed by atoms with E-state index >= 15 is 0 Å². The number of rotatable bonds is 12. The lowest BCUT2D eigenvalue weighted by atomic mass is 9.97. The molecule has 5 N–H and O–H groups in total. The number of amides is 2. The Kier molecular flexibility index (Phi) is 13.6. The molecule has 0 unspecified atom stereocenters. The predicted octanol–water partition coefficient (Wildman–Crippen LogP) is 4.56. The van der Waals surface area contributed by atoms with Crippen molar-refractivity contribution in [2.24, 2.45) is 5.73 Å². The fourth-order valence-electron chi connectivity index (χ4n) is 5.17. The molecule has 1 aliphatic rings. The maximum Gasteiger partial charge on any atom is 0.490 e. The van der Waals surface area contributed by atoms with Gasteiger partial charge >= 0.3 is 18.1 Å². The van der Waals surface area contributed by atoms with Gasteiger partial charge in [0.2, 0.25) is 5.91 Å². The van der Waals surface area contributed by atoms with E-state index in [4.69, 9.17) is 25.8 Å². The van der Waals surface area contributed by atoms with Crippen LogP contribution >= 0.6 is 11.3 Å². The van der Waals surface area contributed by atoms with Gasteiger partial charge in [0.15, 0.2) is 0 Å². The zero-order valence-corrected chi connectivity index (χ0v) is 28.0. The number of nitro groups is 1. The number of benzene rings is 2. The van der Waals surface area contributed by atoms with Crippen LogP contribution in [0.2, 0.25) is 0 Å². The highest BCUT2D eigenvalue weighted by Gasteiger charge is 2.38. The van der Waals surface area contributed by atoms with Gasteiger partial charge in [-0.3, -0.25) is 29.9 Å². The molecule has 0 fully saturated rings. The lowest BCUT2D eigenvalue weighted by Crippen LogP contribution is -2.50. The van der Waals surface area contributed by atoms with E-state index in [1.165, 1.54) is 12.1 Å². The molecule has 50 heavy (non-hydrogen) atoms. The van der Waals surface area contributed by atoms with Gasteiger partial charge in [-0.25, -0.2) is 4.79 Å². The van der Waals surface area contributed by atoms with Crippen LogP contribution < -0.4 is 11.1 Å². The van der Waals surface area contributed by atoms with Crippen LogP contribution in [0.5, 0.6) is 0 Å². The zero-order valence-electron chi connectivity index (χ0n) is 27.2. The number of carbonyl (C=O) groups excluding carboxylic acids is 3. The molecule has 0 saturated carbocycles. The van der Waals surface area contributed by atoms with Crippen LogP contribution in [0.4, 0.5) is 18.9 Å². The topological polar surface area (TPSA) is 206 Å². The Bertz CT molecular complexity index is 1730. The van der Waals surface area contributed by atoms with Gasteiger partial charge in [0.1, 0.15) is 11.9 Å². The summed E-state index contributed by atoms with van der Waals surface area (Å²) >= 11 is 1.61. The standard InChI is InChI=1S/C31H35N5O6S.C2HF3O2/c1-3-5-23-24-18-35(15-14-26(24)43-27(23)17-28(37)42-4-2)31(39)25(16-19-6-12-22(13-7-19)36(40)41)34-30(38)21-10-8-20(9-11-21)29(32)33;3-2(4,5)1(6)7/h6-13,25H,3-5,14-18H2,1-2H3,(H3,32,33)(H,34,38);(H,6,7)/t25-;/m0./s1. The highest BCUT2D eigenvalue weighted by atomic mass is 32.1. The van der Waals surface area contributed by atoms with E-state index in [1.807, 2.05) is 0 Å². The van der Waals surface area contributed by atoms with Gasteiger partial charge in [0.25, 0.3) is 11.6 Å². The van der Waals surface area contributed by atoms with Crippen molar-refractivity contribution in [3.8, 4) is 0 Å². The zero-order chi connectivity index (χ0) is 37.2. The fourth-order valence-corrected chi connectivity index (χ4v) is 6.51. The van der Waals surface area contributed by atoms with Crippen LogP contribution in [0.1, 0.15) is 62.6 Å². The van der Waals surface area contributed by atoms with Crippen molar-refractivity contribution in [2.75, 3.05) is 13.2 Å². The number of hydrogen-bond acceptors (Lipinski definition) is 9. The third kappa shape index (κ3) is 10.6. The summed E-state index contributed by atoms with van der Waals surface area (Å²) in [6.45, 7) is 4.99. The minimum atomic E-state index is -5.08. The molecular weight excluding hydrogens is 683 g/mol. The second kappa shape index (κ2) is 17.4. The van der Waals surface area contributed by atoms with Crippen LogP contribution in [0.25, 0.3) is 0 Å². The fraction of sp³-hybridized carbons (Fsp3) is 0.364. The minimum absolute atomic E-state index is 0.0654. The number of hydrogen-bond donors (Lipinski definition) is 4. The number of aliphatic carboxylic acids is 1. The summed E-state index contributed by atoms with van der Waals surface area (Å²) in [6.07, 6.45) is -2.45. The van der Waals surface area contributed by atoms with Crippen molar-refractivity contribution in [1.29, 1.82) is 5.41 Å². The quantitative estimate of drug-likeness (QED) is 0.0680. The lowest BCUT2D eigenvalue weighted by molar-refractivity contribution is -0.384. The normalized spacial score (nSPS) is 12.9. The molecule has 1 atom stereocenters. The van der Waals surface area contributed by atoms with E-state index in [0.29, 0.717) is 42.8 Å². The molecule has 2 aromatic carbocycles. The number of nitro benzene ring substituents is 1. The molecule has 0 bridgehead atoms. The van der Waals surface area contributed by atoms with Gasteiger partial charge in [-0.2, -0.15) is 13.2 Å². The Labute approximate surface area is 288 Å². The molecule has 1 aromatic heterocycles. The number of ether oxygens (including phenoxy) is 1. The second-order valence-electron chi connectivity index (χ2n) is 11.1. The number of amidine groups is 1. The second-order valence-corrected chi connectivity index (χ2v) is 12.3. The number of fused-ring (bicyclic) bond motifs is 1.